The van der Waals surface area contributed by atoms with Gasteiger partial charge in [-0.25, -0.2) is 0 Å². The van der Waals surface area contributed by atoms with Crippen LogP contribution in [0.5, 0.6) is 0 Å². The summed E-state index contributed by atoms with van der Waals surface area (Å²) in [6.45, 7) is 4.00. The lowest BCUT2D eigenvalue weighted by atomic mass is 10.3. The highest BCUT2D eigenvalue weighted by molar-refractivity contribution is 7.80. The molecule has 0 aliphatic carbocycles. The maximum Gasteiger partial charge on any atom is 0.0470 e. The van der Waals surface area contributed by atoms with Crippen molar-refractivity contribution in [3.05, 3.63) is 18.2 Å². The molecule has 0 heterocycles. The molecule has 3 heteroatoms. The average molecular weight is 184 g/mol. The van der Waals surface area contributed by atoms with E-state index in [4.69, 9.17) is 5.73 Å². The van der Waals surface area contributed by atoms with Crippen LogP contribution in [0.25, 0.3) is 0 Å². The molecule has 3 N–H and O–H groups in total. The van der Waals surface area contributed by atoms with E-state index < -0.39 is 0 Å². The zero-order chi connectivity index (χ0) is 9.56. The van der Waals surface area contributed by atoms with Crippen LogP contribution in [-0.2, 0) is 0 Å². The van der Waals surface area contributed by atoms with Crippen molar-refractivity contribution in [3.63, 3.8) is 0 Å². The molecular formula is C9H16N2S. The Morgan fingerprint density at radius 1 is 1.33 bits per heavy atom. The summed E-state index contributed by atoms with van der Waals surface area (Å²) in [6.07, 6.45) is 0. The van der Waals surface area contributed by atoms with Gasteiger partial charge in [0.2, 0.25) is 0 Å². The van der Waals surface area contributed by atoms with E-state index in [0.29, 0.717) is 5.69 Å². The Kier molecular flexibility index (Phi) is 5.37. The van der Waals surface area contributed by atoms with Crippen molar-refractivity contribution < 1.29 is 0 Å². The molecule has 0 saturated carbocycles. The van der Waals surface area contributed by atoms with Crippen molar-refractivity contribution in [3.8, 4) is 0 Å². The van der Waals surface area contributed by atoms with Crippen molar-refractivity contribution in [1.82, 2.24) is 0 Å². The molecule has 0 bridgehead atoms. The van der Waals surface area contributed by atoms with E-state index in [2.05, 4.69) is 17.9 Å². The summed E-state index contributed by atoms with van der Waals surface area (Å²) in [5, 5.41) is 2.98. The Morgan fingerprint density at radius 2 is 1.92 bits per heavy atom. The van der Waals surface area contributed by atoms with Gasteiger partial charge >= 0.3 is 0 Å². The van der Waals surface area contributed by atoms with E-state index in [1.165, 1.54) is 0 Å². The highest BCUT2D eigenvalue weighted by Crippen LogP contribution is 2.19. The lowest BCUT2D eigenvalue weighted by Gasteiger charge is -2.02. The summed E-state index contributed by atoms with van der Waals surface area (Å²) in [5.74, 6) is 0. The smallest absolute Gasteiger partial charge is 0.0470 e. The number of nitrogens with one attached hydrogen (secondary N) is 1. The maximum absolute atomic E-state index is 5.58. The van der Waals surface area contributed by atoms with E-state index in [0.717, 1.165) is 10.6 Å². The fourth-order valence-electron chi connectivity index (χ4n) is 0.710. The third-order valence-electron chi connectivity index (χ3n) is 1.32. The molecule has 0 radical (unpaired) electrons. The fraction of sp³-hybridized carbons (Fsp3) is 0.333. The molecule has 1 aromatic carbocycles. The zero-order valence-corrected chi connectivity index (χ0v) is 8.65. The minimum Gasteiger partial charge on any atom is -0.398 e. The first-order valence-corrected chi connectivity index (χ1v) is 4.45. The van der Waals surface area contributed by atoms with Crippen LogP contribution in [0.1, 0.15) is 13.8 Å². The van der Waals surface area contributed by atoms with Crippen LogP contribution in [0.2, 0.25) is 0 Å². The van der Waals surface area contributed by atoms with E-state index in [1.807, 2.05) is 39.1 Å². The Bertz CT molecular complexity index is 236. The topological polar surface area (TPSA) is 38.0 Å². The van der Waals surface area contributed by atoms with Crippen LogP contribution in [0.4, 0.5) is 11.4 Å². The number of rotatable bonds is 1. The van der Waals surface area contributed by atoms with Crippen molar-refractivity contribution in [2.24, 2.45) is 0 Å². The van der Waals surface area contributed by atoms with Gasteiger partial charge < -0.3 is 11.1 Å². The first-order valence-electron chi connectivity index (χ1n) is 4.00. The van der Waals surface area contributed by atoms with Crippen LogP contribution in [-0.4, -0.2) is 7.05 Å². The SMILES string of the molecule is CC.CNc1ccc(S)c(N)c1. The quantitative estimate of drug-likeness (QED) is 0.463. The maximum atomic E-state index is 5.58. The van der Waals surface area contributed by atoms with Crippen LogP contribution in [0, 0.1) is 0 Å². The first kappa shape index (κ1) is 11.2. The molecular weight excluding hydrogens is 168 g/mol. The van der Waals surface area contributed by atoms with Gasteiger partial charge in [-0.15, -0.1) is 12.6 Å². The summed E-state index contributed by atoms with van der Waals surface area (Å²) in [7, 11) is 1.85. The summed E-state index contributed by atoms with van der Waals surface area (Å²) < 4.78 is 0. The Balaban J connectivity index is 0.000000561. The van der Waals surface area contributed by atoms with Crippen molar-refractivity contribution in [2.45, 2.75) is 18.7 Å². The summed E-state index contributed by atoms with van der Waals surface area (Å²) in [6, 6.07) is 5.64. The predicted octanol–water partition coefficient (Wildman–Crippen LogP) is 2.63. The molecule has 1 aromatic rings. The third-order valence-corrected chi connectivity index (χ3v) is 1.72. The van der Waals surface area contributed by atoms with Gasteiger partial charge in [-0.1, -0.05) is 13.8 Å². The Hall–Kier alpha value is -0.830. The van der Waals surface area contributed by atoms with Crippen molar-refractivity contribution >= 4 is 24.0 Å². The minimum atomic E-state index is 0.704. The fourth-order valence-corrected chi connectivity index (χ4v) is 0.849. The predicted molar refractivity (Wildman–Crippen MR) is 59.0 cm³/mol. The number of hydrogen-bond acceptors (Lipinski definition) is 3. The second-order valence-electron chi connectivity index (χ2n) is 2.02. The molecule has 2 nitrogen and oxygen atoms in total. The Morgan fingerprint density at radius 3 is 2.33 bits per heavy atom. The molecule has 0 unspecified atom stereocenters. The second kappa shape index (κ2) is 5.77. The summed E-state index contributed by atoms with van der Waals surface area (Å²) in [4.78, 5) is 0.819. The van der Waals surface area contributed by atoms with E-state index in [-0.39, 0.29) is 0 Å². The van der Waals surface area contributed by atoms with Crippen molar-refractivity contribution in [2.75, 3.05) is 18.1 Å². The standard InChI is InChI=1S/C7H10N2S.C2H6/c1-9-5-2-3-7(10)6(8)4-5;1-2/h2-4,9-10H,8H2,1H3;1-2H3. The van der Waals surface area contributed by atoms with Crippen LogP contribution in [0.3, 0.4) is 0 Å². The molecule has 0 aliphatic rings. The Labute approximate surface area is 79.6 Å². The summed E-state index contributed by atoms with van der Waals surface area (Å²) in [5.41, 5.74) is 7.29. The highest BCUT2D eigenvalue weighted by Gasteiger charge is 1.93. The average Bonchev–Trinajstić information content (AvgIpc) is 2.13. The van der Waals surface area contributed by atoms with Crippen LogP contribution in [0.15, 0.2) is 23.1 Å². The van der Waals surface area contributed by atoms with Gasteiger partial charge in [0, 0.05) is 23.3 Å². The number of benzene rings is 1. The lowest BCUT2D eigenvalue weighted by Crippen LogP contribution is -1.91. The van der Waals surface area contributed by atoms with Gasteiger partial charge in [0.25, 0.3) is 0 Å². The number of nitrogens with two attached hydrogens (primary N) is 1. The van der Waals surface area contributed by atoms with Gasteiger partial charge in [0.05, 0.1) is 0 Å². The molecule has 0 spiro atoms. The van der Waals surface area contributed by atoms with Gasteiger partial charge in [0.15, 0.2) is 0 Å². The minimum absolute atomic E-state index is 0.704. The van der Waals surface area contributed by atoms with E-state index in [1.54, 1.807) is 0 Å². The monoisotopic (exact) mass is 184 g/mol. The normalized spacial score (nSPS) is 8.33. The number of hydrogen-bond donors (Lipinski definition) is 3. The van der Waals surface area contributed by atoms with Gasteiger partial charge in [0.1, 0.15) is 0 Å². The molecule has 1 rings (SSSR count). The van der Waals surface area contributed by atoms with Crippen LogP contribution >= 0.6 is 12.6 Å². The molecule has 68 valence electrons. The molecule has 0 amide bonds. The second-order valence-corrected chi connectivity index (χ2v) is 2.51. The largest absolute Gasteiger partial charge is 0.398 e. The molecule has 0 aliphatic heterocycles. The molecule has 12 heavy (non-hydrogen) atoms. The molecule has 0 atom stereocenters. The number of anilines is 2. The molecule has 0 saturated heterocycles. The summed E-state index contributed by atoms with van der Waals surface area (Å²) >= 11 is 4.13. The molecule has 0 aromatic heterocycles. The van der Waals surface area contributed by atoms with Gasteiger partial charge in [-0.3, -0.25) is 0 Å². The van der Waals surface area contributed by atoms with E-state index in [9.17, 15) is 0 Å². The first-order chi connectivity index (χ1) is 5.74. The lowest BCUT2D eigenvalue weighted by molar-refractivity contribution is 1.43. The number of nitrogen functional groups attached to an aromatic ring is 1. The molecule has 0 fully saturated rings. The third kappa shape index (κ3) is 3.05. The van der Waals surface area contributed by atoms with Crippen LogP contribution < -0.4 is 11.1 Å². The zero-order valence-electron chi connectivity index (χ0n) is 7.76. The van der Waals surface area contributed by atoms with Gasteiger partial charge in [-0.2, -0.15) is 0 Å². The van der Waals surface area contributed by atoms with Gasteiger partial charge in [-0.05, 0) is 18.2 Å². The van der Waals surface area contributed by atoms with E-state index >= 15 is 0 Å². The number of thiol groups is 1. The van der Waals surface area contributed by atoms with Crippen molar-refractivity contribution in [1.29, 1.82) is 0 Å². The highest BCUT2D eigenvalue weighted by atomic mass is 32.1.